The molecule has 4 nitrogen and oxygen atoms in total. The number of hydrogen-bond donors (Lipinski definition) is 2. The standard InChI is InChI=1S/C12H22N2O2/c1-3-6-14-12(15)10(2)16-8-5-11-4-7-13-9-11/h3,10-11,13H,1,4-9H2,2H3,(H,14,15). The number of carbonyl (C=O) groups excluding carboxylic acids is 1. The lowest BCUT2D eigenvalue weighted by Crippen LogP contribution is -2.34. The molecule has 0 aromatic heterocycles. The third-order valence-corrected chi connectivity index (χ3v) is 2.85. The van der Waals surface area contributed by atoms with Gasteiger partial charge in [-0.25, -0.2) is 0 Å². The van der Waals surface area contributed by atoms with Gasteiger partial charge < -0.3 is 15.4 Å². The van der Waals surface area contributed by atoms with E-state index in [-0.39, 0.29) is 12.0 Å². The SMILES string of the molecule is C=CCNC(=O)C(C)OCCC1CCNC1. The summed E-state index contributed by atoms with van der Waals surface area (Å²) in [6.07, 6.45) is 3.55. The number of carbonyl (C=O) groups is 1. The second kappa shape index (κ2) is 7.41. The maximum absolute atomic E-state index is 11.4. The lowest BCUT2D eigenvalue weighted by Gasteiger charge is -2.14. The van der Waals surface area contributed by atoms with Gasteiger partial charge in [-0.05, 0) is 38.8 Å². The Morgan fingerprint density at radius 3 is 3.19 bits per heavy atom. The lowest BCUT2D eigenvalue weighted by molar-refractivity contribution is -0.131. The Morgan fingerprint density at radius 2 is 2.56 bits per heavy atom. The number of ether oxygens (including phenoxy) is 1. The average molecular weight is 226 g/mol. The minimum Gasteiger partial charge on any atom is -0.369 e. The molecule has 1 aliphatic heterocycles. The van der Waals surface area contributed by atoms with E-state index in [1.54, 1.807) is 13.0 Å². The summed E-state index contributed by atoms with van der Waals surface area (Å²) in [4.78, 5) is 11.4. The van der Waals surface area contributed by atoms with Gasteiger partial charge in [-0.2, -0.15) is 0 Å². The average Bonchev–Trinajstić information content (AvgIpc) is 2.78. The molecule has 2 unspecified atom stereocenters. The van der Waals surface area contributed by atoms with Gasteiger partial charge in [-0.15, -0.1) is 6.58 Å². The summed E-state index contributed by atoms with van der Waals surface area (Å²) in [5.41, 5.74) is 0. The highest BCUT2D eigenvalue weighted by Crippen LogP contribution is 2.12. The van der Waals surface area contributed by atoms with E-state index < -0.39 is 0 Å². The lowest BCUT2D eigenvalue weighted by atomic mass is 10.1. The van der Waals surface area contributed by atoms with Crippen molar-refractivity contribution in [3.63, 3.8) is 0 Å². The first kappa shape index (κ1) is 13.2. The summed E-state index contributed by atoms with van der Waals surface area (Å²) in [7, 11) is 0. The fourth-order valence-electron chi connectivity index (χ4n) is 1.76. The van der Waals surface area contributed by atoms with Gasteiger partial charge in [0, 0.05) is 13.2 Å². The van der Waals surface area contributed by atoms with Crippen molar-refractivity contribution in [1.82, 2.24) is 10.6 Å². The molecule has 0 radical (unpaired) electrons. The highest BCUT2D eigenvalue weighted by molar-refractivity contribution is 5.80. The molecule has 0 bridgehead atoms. The summed E-state index contributed by atoms with van der Waals surface area (Å²) in [6, 6.07) is 0. The van der Waals surface area contributed by atoms with Crippen LogP contribution in [-0.4, -0.2) is 38.3 Å². The van der Waals surface area contributed by atoms with Gasteiger partial charge in [-0.3, -0.25) is 4.79 Å². The van der Waals surface area contributed by atoms with Crippen LogP contribution in [0.1, 0.15) is 19.8 Å². The number of amides is 1. The molecule has 4 heteroatoms. The Morgan fingerprint density at radius 1 is 1.75 bits per heavy atom. The number of hydrogen-bond acceptors (Lipinski definition) is 3. The van der Waals surface area contributed by atoms with Crippen molar-refractivity contribution >= 4 is 5.91 Å². The van der Waals surface area contributed by atoms with Crippen LogP contribution in [-0.2, 0) is 9.53 Å². The minimum atomic E-state index is -0.366. The quantitative estimate of drug-likeness (QED) is 0.628. The monoisotopic (exact) mass is 226 g/mol. The van der Waals surface area contributed by atoms with Gasteiger partial charge in [0.25, 0.3) is 0 Å². The van der Waals surface area contributed by atoms with Crippen molar-refractivity contribution in [2.75, 3.05) is 26.2 Å². The van der Waals surface area contributed by atoms with Crippen LogP contribution in [0.15, 0.2) is 12.7 Å². The molecule has 2 N–H and O–H groups in total. The van der Waals surface area contributed by atoms with Crippen LogP contribution in [0.25, 0.3) is 0 Å². The second-order valence-electron chi connectivity index (χ2n) is 4.19. The molecule has 1 saturated heterocycles. The Kier molecular flexibility index (Phi) is 6.11. The van der Waals surface area contributed by atoms with E-state index in [4.69, 9.17) is 4.74 Å². The van der Waals surface area contributed by atoms with Crippen LogP contribution < -0.4 is 10.6 Å². The summed E-state index contributed by atoms with van der Waals surface area (Å²) in [5.74, 6) is 0.646. The van der Waals surface area contributed by atoms with E-state index in [9.17, 15) is 4.79 Å². The first-order chi connectivity index (χ1) is 7.74. The highest BCUT2D eigenvalue weighted by atomic mass is 16.5. The molecule has 92 valence electrons. The van der Waals surface area contributed by atoms with Crippen molar-refractivity contribution in [3.8, 4) is 0 Å². The first-order valence-electron chi connectivity index (χ1n) is 5.95. The van der Waals surface area contributed by atoms with Crippen molar-refractivity contribution in [2.24, 2.45) is 5.92 Å². The third kappa shape index (κ3) is 4.77. The zero-order chi connectivity index (χ0) is 11.8. The van der Waals surface area contributed by atoms with Crippen molar-refractivity contribution in [1.29, 1.82) is 0 Å². The third-order valence-electron chi connectivity index (χ3n) is 2.85. The van der Waals surface area contributed by atoms with Gasteiger partial charge in [0.2, 0.25) is 5.91 Å². The van der Waals surface area contributed by atoms with Crippen LogP contribution in [0.5, 0.6) is 0 Å². The van der Waals surface area contributed by atoms with E-state index in [0.717, 1.165) is 19.5 Å². The molecule has 0 aliphatic carbocycles. The van der Waals surface area contributed by atoms with E-state index in [1.807, 2.05) is 0 Å². The fraction of sp³-hybridized carbons (Fsp3) is 0.750. The van der Waals surface area contributed by atoms with E-state index in [2.05, 4.69) is 17.2 Å². The molecule has 16 heavy (non-hydrogen) atoms. The van der Waals surface area contributed by atoms with Gasteiger partial charge in [0.15, 0.2) is 0 Å². The van der Waals surface area contributed by atoms with Gasteiger partial charge >= 0.3 is 0 Å². The largest absolute Gasteiger partial charge is 0.369 e. The molecule has 0 aromatic carbocycles. The molecule has 1 rings (SSSR count). The summed E-state index contributed by atoms with van der Waals surface area (Å²) in [5, 5.41) is 6.03. The first-order valence-corrected chi connectivity index (χ1v) is 5.95. The van der Waals surface area contributed by atoms with Crippen LogP contribution in [0.3, 0.4) is 0 Å². The van der Waals surface area contributed by atoms with Crippen LogP contribution >= 0.6 is 0 Å². The molecule has 2 atom stereocenters. The summed E-state index contributed by atoms with van der Waals surface area (Å²) < 4.78 is 5.49. The van der Waals surface area contributed by atoms with Crippen LogP contribution in [0, 0.1) is 5.92 Å². The van der Waals surface area contributed by atoms with Crippen molar-refractivity contribution in [2.45, 2.75) is 25.9 Å². The molecule has 0 aromatic rings. The van der Waals surface area contributed by atoms with Crippen LogP contribution in [0.4, 0.5) is 0 Å². The molecule has 1 heterocycles. The maximum Gasteiger partial charge on any atom is 0.249 e. The molecule has 1 aliphatic rings. The number of rotatable bonds is 7. The Balaban J connectivity index is 2.06. The van der Waals surface area contributed by atoms with Crippen molar-refractivity contribution in [3.05, 3.63) is 12.7 Å². The normalized spacial score (nSPS) is 21.7. The summed E-state index contributed by atoms with van der Waals surface area (Å²) in [6.45, 7) is 8.68. The Hall–Kier alpha value is -0.870. The van der Waals surface area contributed by atoms with E-state index >= 15 is 0 Å². The van der Waals surface area contributed by atoms with Gasteiger partial charge in [-0.1, -0.05) is 6.08 Å². The Labute approximate surface area is 97.4 Å². The molecule has 1 amide bonds. The smallest absolute Gasteiger partial charge is 0.249 e. The molecule has 0 saturated carbocycles. The zero-order valence-corrected chi connectivity index (χ0v) is 10.00. The molecule has 0 spiro atoms. The van der Waals surface area contributed by atoms with Gasteiger partial charge in [0.05, 0.1) is 0 Å². The second-order valence-corrected chi connectivity index (χ2v) is 4.19. The predicted molar refractivity (Wildman–Crippen MR) is 64.2 cm³/mol. The highest BCUT2D eigenvalue weighted by Gasteiger charge is 2.16. The Bertz CT molecular complexity index is 225. The zero-order valence-electron chi connectivity index (χ0n) is 10.00. The van der Waals surface area contributed by atoms with Crippen molar-refractivity contribution < 1.29 is 9.53 Å². The molecule has 1 fully saturated rings. The minimum absolute atomic E-state index is 0.0653. The fourth-order valence-corrected chi connectivity index (χ4v) is 1.76. The summed E-state index contributed by atoms with van der Waals surface area (Å²) >= 11 is 0. The molecular weight excluding hydrogens is 204 g/mol. The predicted octanol–water partition coefficient (Wildman–Crippen LogP) is 0.693. The molecular formula is C12H22N2O2. The van der Waals surface area contributed by atoms with E-state index in [1.165, 1.54) is 6.42 Å². The number of nitrogens with one attached hydrogen (secondary N) is 2. The maximum atomic E-state index is 11.4. The topological polar surface area (TPSA) is 50.4 Å². The van der Waals surface area contributed by atoms with Gasteiger partial charge in [0.1, 0.15) is 6.10 Å². The van der Waals surface area contributed by atoms with Crippen LogP contribution in [0.2, 0.25) is 0 Å². The van der Waals surface area contributed by atoms with E-state index in [0.29, 0.717) is 19.1 Å².